The Morgan fingerprint density at radius 3 is 2.89 bits per heavy atom. The zero-order valence-electron chi connectivity index (χ0n) is 9.29. The van der Waals surface area contributed by atoms with Gasteiger partial charge in [-0.1, -0.05) is 18.2 Å². The molecule has 2 heterocycles. The van der Waals surface area contributed by atoms with Gasteiger partial charge in [-0.25, -0.2) is 10.4 Å². The molecule has 0 fully saturated rings. The lowest BCUT2D eigenvalue weighted by Gasteiger charge is -2.01. The minimum absolute atomic E-state index is 0.271. The third kappa shape index (κ3) is 1.61. The molecule has 0 unspecified atom stereocenters. The summed E-state index contributed by atoms with van der Waals surface area (Å²) in [5, 5.41) is 17.7. The predicted octanol–water partition coefficient (Wildman–Crippen LogP) is -0.112. The second-order valence-electron chi connectivity index (χ2n) is 3.85. The first kappa shape index (κ1) is 10.5. The molecular formula is C11H9N6O. The minimum atomic E-state index is -0.548. The van der Waals surface area contributed by atoms with Crippen LogP contribution in [-0.4, -0.2) is 26.5 Å². The Labute approximate surface area is 102 Å². The number of carbonyl (C=O) groups excluding carboxylic acids is 1. The van der Waals surface area contributed by atoms with Gasteiger partial charge in [0.2, 0.25) is 0 Å². The molecule has 1 aromatic heterocycles. The number of fused-ring (bicyclic) bond motifs is 1. The van der Waals surface area contributed by atoms with Crippen LogP contribution in [0.5, 0.6) is 0 Å². The normalized spacial score (nSPS) is 13.3. The van der Waals surface area contributed by atoms with Crippen LogP contribution in [0.3, 0.4) is 0 Å². The van der Waals surface area contributed by atoms with Crippen molar-refractivity contribution in [2.45, 2.75) is 6.42 Å². The SMILES string of the molecule is NC(=O)C1=C(Cc2nnn[nH]2)c2ccccc2[N]1. The van der Waals surface area contributed by atoms with Crippen molar-refractivity contribution in [3.8, 4) is 0 Å². The minimum Gasteiger partial charge on any atom is -0.364 e. The number of rotatable bonds is 3. The summed E-state index contributed by atoms with van der Waals surface area (Å²) in [5.41, 5.74) is 8.00. The van der Waals surface area contributed by atoms with E-state index in [0.29, 0.717) is 12.2 Å². The summed E-state index contributed by atoms with van der Waals surface area (Å²) in [6.45, 7) is 0. The zero-order chi connectivity index (χ0) is 12.5. The molecule has 1 amide bonds. The number of hydrogen-bond donors (Lipinski definition) is 2. The number of hydrogen-bond acceptors (Lipinski definition) is 4. The van der Waals surface area contributed by atoms with Gasteiger partial charge < -0.3 is 5.73 Å². The lowest BCUT2D eigenvalue weighted by atomic mass is 10.0. The highest BCUT2D eigenvalue weighted by molar-refractivity contribution is 6.04. The Balaban J connectivity index is 2.05. The quantitative estimate of drug-likeness (QED) is 0.780. The van der Waals surface area contributed by atoms with Crippen molar-refractivity contribution >= 4 is 17.2 Å². The van der Waals surface area contributed by atoms with Gasteiger partial charge in [0.15, 0.2) is 5.82 Å². The Morgan fingerprint density at radius 2 is 2.17 bits per heavy atom. The molecule has 0 spiro atoms. The second-order valence-corrected chi connectivity index (χ2v) is 3.85. The average molecular weight is 241 g/mol. The number of benzene rings is 1. The van der Waals surface area contributed by atoms with Crippen molar-refractivity contribution < 1.29 is 4.79 Å². The largest absolute Gasteiger partial charge is 0.364 e. The topological polar surface area (TPSA) is 112 Å². The fraction of sp³-hybridized carbons (Fsp3) is 0.0909. The monoisotopic (exact) mass is 241 g/mol. The smallest absolute Gasteiger partial charge is 0.267 e. The van der Waals surface area contributed by atoms with Crippen molar-refractivity contribution in [3.63, 3.8) is 0 Å². The fourth-order valence-electron chi connectivity index (χ4n) is 1.95. The van der Waals surface area contributed by atoms with Crippen molar-refractivity contribution in [2.24, 2.45) is 5.73 Å². The van der Waals surface area contributed by atoms with E-state index in [1.165, 1.54) is 0 Å². The van der Waals surface area contributed by atoms with E-state index < -0.39 is 5.91 Å². The van der Waals surface area contributed by atoms with Crippen molar-refractivity contribution in [2.75, 3.05) is 0 Å². The van der Waals surface area contributed by atoms with Gasteiger partial charge in [-0.15, -0.1) is 5.10 Å². The van der Waals surface area contributed by atoms with E-state index in [2.05, 4.69) is 25.9 Å². The summed E-state index contributed by atoms with van der Waals surface area (Å²) >= 11 is 0. The molecule has 1 radical (unpaired) electrons. The summed E-state index contributed by atoms with van der Waals surface area (Å²) in [5.74, 6) is 0.0179. The molecule has 2 aromatic rings. The number of nitrogens with zero attached hydrogens (tertiary/aromatic N) is 4. The Bertz CT molecular complexity index is 631. The molecule has 0 atom stereocenters. The molecule has 89 valence electrons. The van der Waals surface area contributed by atoms with E-state index >= 15 is 0 Å². The number of allylic oxidation sites excluding steroid dienone is 1. The number of carbonyl (C=O) groups is 1. The number of H-pyrrole nitrogens is 1. The van der Waals surface area contributed by atoms with Crippen molar-refractivity contribution in [1.82, 2.24) is 25.9 Å². The van der Waals surface area contributed by atoms with Crippen LogP contribution in [-0.2, 0) is 11.2 Å². The maximum Gasteiger partial charge on any atom is 0.267 e. The standard InChI is InChI=1S/C11H9N6O/c12-11(18)10-7(5-9-14-16-17-15-9)6-3-1-2-4-8(6)13-10/h1-4H,5H2,(H2,12,18)(H,14,15,16,17). The molecule has 0 saturated carbocycles. The molecule has 7 nitrogen and oxygen atoms in total. The van der Waals surface area contributed by atoms with Crippen LogP contribution >= 0.6 is 0 Å². The maximum absolute atomic E-state index is 11.4. The maximum atomic E-state index is 11.4. The highest BCUT2D eigenvalue weighted by Crippen LogP contribution is 2.35. The number of nitrogens with two attached hydrogens (primary N) is 1. The van der Waals surface area contributed by atoms with Gasteiger partial charge in [-0.2, -0.15) is 0 Å². The average Bonchev–Trinajstić information content (AvgIpc) is 2.98. The van der Waals surface area contributed by atoms with Crippen molar-refractivity contribution in [1.29, 1.82) is 0 Å². The van der Waals surface area contributed by atoms with Gasteiger partial charge in [-0.3, -0.25) is 4.79 Å². The first-order chi connectivity index (χ1) is 8.75. The number of aromatic nitrogens is 4. The van der Waals surface area contributed by atoms with E-state index in [4.69, 9.17) is 5.73 Å². The van der Waals surface area contributed by atoms with E-state index in [9.17, 15) is 4.79 Å². The van der Waals surface area contributed by atoms with Crippen LogP contribution in [0.15, 0.2) is 30.0 Å². The molecule has 18 heavy (non-hydrogen) atoms. The second kappa shape index (κ2) is 3.95. The molecule has 3 rings (SSSR count). The van der Waals surface area contributed by atoms with Crippen LogP contribution in [0.2, 0.25) is 0 Å². The first-order valence-electron chi connectivity index (χ1n) is 5.32. The molecule has 1 aliphatic rings. The van der Waals surface area contributed by atoms with Gasteiger partial charge in [-0.05, 0) is 16.5 Å². The zero-order valence-corrected chi connectivity index (χ0v) is 9.29. The summed E-state index contributed by atoms with van der Waals surface area (Å²) in [6, 6.07) is 7.48. The van der Waals surface area contributed by atoms with E-state index in [1.807, 2.05) is 24.3 Å². The van der Waals surface area contributed by atoms with Gasteiger partial charge in [0, 0.05) is 17.6 Å². The summed E-state index contributed by atoms with van der Waals surface area (Å²) in [7, 11) is 0. The van der Waals surface area contributed by atoms with E-state index in [-0.39, 0.29) is 5.70 Å². The lowest BCUT2D eigenvalue weighted by Crippen LogP contribution is -2.18. The van der Waals surface area contributed by atoms with Gasteiger partial charge in [0.25, 0.3) is 5.91 Å². The van der Waals surface area contributed by atoms with Gasteiger partial charge >= 0.3 is 0 Å². The highest BCUT2D eigenvalue weighted by atomic mass is 16.1. The molecular weight excluding hydrogens is 232 g/mol. The Kier molecular flexibility index (Phi) is 2.30. The molecule has 0 bridgehead atoms. The number of nitrogens with one attached hydrogen (secondary N) is 1. The molecule has 3 N–H and O–H groups in total. The molecule has 1 aliphatic heterocycles. The number of amides is 1. The van der Waals surface area contributed by atoms with E-state index in [1.54, 1.807) is 0 Å². The number of para-hydroxylation sites is 1. The lowest BCUT2D eigenvalue weighted by molar-refractivity contribution is -0.114. The third-order valence-corrected chi connectivity index (χ3v) is 2.71. The van der Waals surface area contributed by atoms with E-state index in [0.717, 1.165) is 16.8 Å². The number of aromatic amines is 1. The summed E-state index contributed by atoms with van der Waals surface area (Å²) in [6.07, 6.45) is 0.395. The number of tetrazole rings is 1. The van der Waals surface area contributed by atoms with Crippen LogP contribution in [0.25, 0.3) is 5.57 Å². The third-order valence-electron chi connectivity index (χ3n) is 2.71. The number of primary amides is 1. The van der Waals surface area contributed by atoms with Crippen LogP contribution in [0, 0.1) is 0 Å². The highest BCUT2D eigenvalue weighted by Gasteiger charge is 2.26. The molecule has 7 heteroatoms. The van der Waals surface area contributed by atoms with Crippen LogP contribution < -0.4 is 11.1 Å². The first-order valence-corrected chi connectivity index (χ1v) is 5.32. The molecule has 0 saturated heterocycles. The van der Waals surface area contributed by atoms with Gasteiger partial charge in [0.05, 0.1) is 5.69 Å². The van der Waals surface area contributed by atoms with Crippen LogP contribution in [0.1, 0.15) is 11.4 Å². The van der Waals surface area contributed by atoms with Gasteiger partial charge in [0.1, 0.15) is 5.70 Å². The molecule has 0 aliphatic carbocycles. The fourth-order valence-corrected chi connectivity index (χ4v) is 1.95. The Morgan fingerprint density at radius 1 is 1.33 bits per heavy atom. The van der Waals surface area contributed by atoms with Crippen LogP contribution in [0.4, 0.5) is 5.69 Å². The Hall–Kier alpha value is -2.70. The summed E-state index contributed by atoms with van der Waals surface area (Å²) in [4.78, 5) is 11.4. The molecule has 1 aromatic carbocycles. The summed E-state index contributed by atoms with van der Waals surface area (Å²) < 4.78 is 0. The van der Waals surface area contributed by atoms with Crippen molar-refractivity contribution in [3.05, 3.63) is 41.4 Å². The predicted molar refractivity (Wildman–Crippen MR) is 62.2 cm³/mol.